The third-order valence-electron chi connectivity index (χ3n) is 3.51. The highest BCUT2D eigenvalue weighted by atomic mass is 16.5. The van der Waals surface area contributed by atoms with Gasteiger partial charge in [-0.05, 0) is 52.8 Å². The third kappa shape index (κ3) is 4.18. The van der Waals surface area contributed by atoms with E-state index in [2.05, 4.69) is 24.1 Å². The lowest BCUT2D eigenvalue weighted by Gasteiger charge is -2.37. The number of ether oxygens (including phenoxy) is 2. The molecule has 0 aliphatic heterocycles. The number of nitrogens with zero attached hydrogens (tertiary/aromatic N) is 1. The maximum absolute atomic E-state index is 5.98. The van der Waals surface area contributed by atoms with Crippen LogP contribution in [-0.2, 0) is 4.74 Å². The van der Waals surface area contributed by atoms with E-state index in [4.69, 9.17) is 9.47 Å². The van der Waals surface area contributed by atoms with Crippen LogP contribution in [0.1, 0.15) is 52.6 Å². The number of nitrogens with one attached hydrogen (secondary N) is 1. The Balaban J connectivity index is 3.05. The van der Waals surface area contributed by atoms with Gasteiger partial charge in [-0.3, -0.25) is 4.98 Å². The molecule has 0 bridgehead atoms. The second-order valence-electron chi connectivity index (χ2n) is 5.44. The van der Waals surface area contributed by atoms with Gasteiger partial charge in [0.15, 0.2) is 0 Å². The number of hydrogen-bond donors (Lipinski definition) is 1. The van der Waals surface area contributed by atoms with E-state index >= 15 is 0 Å². The first-order chi connectivity index (χ1) is 9.46. The van der Waals surface area contributed by atoms with Crippen LogP contribution in [0.25, 0.3) is 0 Å². The minimum absolute atomic E-state index is 0.0793. The number of likely N-dealkylation sites (N-methyl/N-ethyl adjacent to an activating group) is 1. The van der Waals surface area contributed by atoms with Crippen molar-refractivity contribution >= 4 is 0 Å². The zero-order valence-electron chi connectivity index (χ0n) is 13.6. The molecule has 4 heteroatoms. The van der Waals surface area contributed by atoms with Crippen molar-refractivity contribution in [1.29, 1.82) is 0 Å². The summed E-state index contributed by atoms with van der Waals surface area (Å²) < 4.78 is 11.7. The molecule has 20 heavy (non-hydrogen) atoms. The molecule has 1 rings (SSSR count). The van der Waals surface area contributed by atoms with E-state index in [-0.39, 0.29) is 17.7 Å². The van der Waals surface area contributed by atoms with E-state index < -0.39 is 0 Å². The summed E-state index contributed by atoms with van der Waals surface area (Å²) in [4.78, 5) is 4.29. The van der Waals surface area contributed by atoms with E-state index in [1.165, 1.54) is 0 Å². The van der Waals surface area contributed by atoms with Crippen LogP contribution < -0.4 is 10.1 Å². The predicted octanol–water partition coefficient (Wildman–Crippen LogP) is 3.33. The van der Waals surface area contributed by atoms with Crippen LogP contribution in [0.4, 0.5) is 0 Å². The zero-order chi connectivity index (χ0) is 15.2. The molecule has 0 aliphatic carbocycles. The summed E-state index contributed by atoms with van der Waals surface area (Å²) in [5.74, 6) is 0.799. The Bertz CT molecular complexity index is 409. The number of rotatable bonds is 8. The van der Waals surface area contributed by atoms with Gasteiger partial charge in [0.1, 0.15) is 5.75 Å². The second-order valence-corrected chi connectivity index (χ2v) is 5.44. The molecule has 1 N–H and O–H groups in total. The largest absolute Gasteiger partial charge is 0.489 e. The van der Waals surface area contributed by atoms with Crippen LogP contribution in [0.5, 0.6) is 5.75 Å². The molecule has 2 unspecified atom stereocenters. The number of hydrogen-bond acceptors (Lipinski definition) is 4. The van der Waals surface area contributed by atoms with Crippen molar-refractivity contribution in [2.45, 2.75) is 58.8 Å². The molecule has 1 aromatic heterocycles. The van der Waals surface area contributed by atoms with Crippen molar-refractivity contribution in [1.82, 2.24) is 10.3 Å². The molecule has 0 amide bonds. The Morgan fingerprint density at radius 1 is 1.30 bits per heavy atom. The summed E-state index contributed by atoms with van der Waals surface area (Å²) in [6, 6.07) is 2.12. The molecule has 4 nitrogen and oxygen atoms in total. The van der Waals surface area contributed by atoms with Crippen LogP contribution >= 0.6 is 0 Å². The van der Waals surface area contributed by atoms with Gasteiger partial charge >= 0.3 is 0 Å². The van der Waals surface area contributed by atoms with Crippen LogP contribution in [0.2, 0.25) is 0 Å². The van der Waals surface area contributed by atoms with Crippen molar-refractivity contribution in [3.63, 3.8) is 0 Å². The maximum Gasteiger partial charge on any atom is 0.138 e. The highest BCUT2D eigenvalue weighted by Gasteiger charge is 2.33. The van der Waals surface area contributed by atoms with Gasteiger partial charge in [0.2, 0.25) is 0 Å². The fraction of sp³-hybridized carbons (Fsp3) is 0.688. The normalized spacial score (nSPS) is 15.9. The summed E-state index contributed by atoms with van der Waals surface area (Å²) >= 11 is 0. The summed E-state index contributed by atoms with van der Waals surface area (Å²) in [5.41, 5.74) is 0.824. The van der Waals surface area contributed by atoms with Gasteiger partial charge in [-0.25, -0.2) is 0 Å². The minimum atomic E-state index is -0.262. The van der Waals surface area contributed by atoms with Gasteiger partial charge in [0.25, 0.3) is 0 Å². The third-order valence-corrected chi connectivity index (χ3v) is 3.51. The van der Waals surface area contributed by atoms with E-state index in [0.717, 1.165) is 17.7 Å². The van der Waals surface area contributed by atoms with Crippen molar-refractivity contribution < 1.29 is 9.47 Å². The summed E-state index contributed by atoms with van der Waals surface area (Å²) in [6.45, 7) is 11.0. The Morgan fingerprint density at radius 2 is 2.00 bits per heavy atom. The average molecular weight is 280 g/mol. The molecular weight excluding hydrogens is 252 g/mol. The second kappa shape index (κ2) is 7.60. The Labute approximate surface area is 122 Å². The first-order valence-corrected chi connectivity index (χ1v) is 7.39. The predicted molar refractivity (Wildman–Crippen MR) is 82.1 cm³/mol. The van der Waals surface area contributed by atoms with Crippen LogP contribution in [-0.4, -0.2) is 30.3 Å². The molecule has 2 atom stereocenters. The smallest absolute Gasteiger partial charge is 0.138 e. The van der Waals surface area contributed by atoms with E-state index in [0.29, 0.717) is 6.61 Å². The van der Waals surface area contributed by atoms with Gasteiger partial charge in [-0.1, -0.05) is 6.92 Å². The molecule has 0 saturated carbocycles. The molecule has 0 aliphatic rings. The van der Waals surface area contributed by atoms with E-state index in [9.17, 15) is 0 Å². The zero-order valence-corrected chi connectivity index (χ0v) is 13.6. The number of pyridine rings is 1. The molecule has 114 valence electrons. The summed E-state index contributed by atoms with van der Waals surface area (Å²) in [5, 5.41) is 3.35. The molecule has 0 aromatic carbocycles. The first kappa shape index (κ1) is 16.9. The molecule has 1 heterocycles. The molecule has 0 spiro atoms. The quantitative estimate of drug-likeness (QED) is 0.793. The van der Waals surface area contributed by atoms with Crippen molar-refractivity contribution in [2.24, 2.45) is 0 Å². The average Bonchev–Trinajstić information content (AvgIpc) is 2.39. The highest BCUT2D eigenvalue weighted by molar-refractivity contribution is 5.28. The molecule has 0 saturated heterocycles. The van der Waals surface area contributed by atoms with Crippen LogP contribution in [0.15, 0.2) is 18.5 Å². The lowest BCUT2D eigenvalue weighted by atomic mass is 9.88. The van der Waals surface area contributed by atoms with Crippen LogP contribution in [0, 0.1) is 0 Å². The van der Waals surface area contributed by atoms with Crippen molar-refractivity contribution in [3.8, 4) is 5.75 Å². The Kier molecular flexibility index (Phi) is 6.43. The first-order valence-electron chi connectivity index (χ1n) is 7.39. The van der Waals surface area contributed by atoms with Gasteiger partial charge in [0, 0.05) is 12.8 Å². The SMILES string of the molecule is CCOC(C)(CC)C(NC)c1cncc(OC(C)C)c1. The standard InChI is InChI=1S/C16H28N2O2/c1-7-16(5,19-8-2)15(17-6)13-9-14(11-18-10-13)20-12(3)4/h9-12,15,17H,7-8H2,1-6H3. The number of aromatic nitrogens is 1. The van der Waals surface area contributed by atoms with Gasteiger partial charge in [0.05, 0.1) is 23.9 Å². The van der Waals surface area contributed by atoms with Gasteiger partial charge in [-0.15, -0.1) is 0 Å². The van der Waals surface area contributed by atoms with Crippen molar-refractivity contribution in [3.05, 3.63) is 24.0 Å². The van der Waals surface area contributed by atoms with Crippen molar-refractivity contribution in [2.75, 3.05) is 13.7 Å². The van der Waals surface area contributed by atoms with Gasteiger partial charge in [-0.2, -0.15) is 0 Å². The monoisotopic (exact) mass is 280 g/mol. The summed E-state index contributed by atoms with van der Waals surface area (Å²) in [6.07, 6.45) is 4.69. The lowest BCUT2D eigenvalue weighted by Crippen LogP contribution is -2.42. The molecule has 0 fully saturated rings. The topological polar surface area (TPSA) is 43.4 Å². The van der Waals surface area contributed by atoms with Crippen LogP contribution in [0.3, 0.4) is 0 Å². The van der Waals surface area contributed by atoms with Gasteiger partial charge < -0.3 is 14.8 Å². The molecule has 0 radical (unpaired) electrons. The minimum Gasteiger partial charge on any atom is -0.489 e. The molecule has 1 aromatic rings. The summed E-state index contributed by atoms with van der Waals surface area (Å²) in [7, 11) is 1.95. The van der Waals surface area contributed by atoms with E-state index in [1.54, 1.807) is 6.20 Å². The molecular formula is C16H28N2O2. The fourth-order valence-corrected chi connectivity index (χ4v) is 2.47. The Hall–Kier alpha value is -1.13. The highest BCUT2D eigenvalue weighted by Crippen LogP contribution is 2.33. The Morgan fingerprint density at radius 3 is 2.50 bits per heavy atom. The fourth-order valence-electron chi connectivity index (χ4n) is 2.47. The lowest BCUT2D eigenvalue weighted by molar-refractivity contribution is -0.0548. The maximum atomic E-state index is 5.98. The van der Waals surface area contributed by atoms with E-state index in [1.807, 2.05) is 40.1 Å².